The quantitative estimate of drug-likeness (QED) is 0.607. The van der Waals surface area contributed by atoms with Crippen LogP contribution < -0.4 is 4.74 Å². The maximum absolute atomic E-state index is 13.9. The van der Waals surface area contributed by atoms with E-state index >= 15 is 0 Å². The molecule has 0 amide bonds. The zero-order valence-electron chi connectivity index (χ0n) is 14.7. The number of nitrogens with one attached hydrogen (secondary N) is 1. The van der Waals surface area contributed by atoms with Gasteiger partial charge in [-0.3, -0.25) is 10.00 Å². The molecule has 0 aliphatic heterocycles. The number of methoxy groups -OCH3 is 1. The second kappa shape index (κ2) is 8.16. The molecule has 0 radical (unpaired) electrons. The van der Waals surface area contributed by atoms with Gasteiger partial charge >= 0.3 is 0 Å². The van der Waals surface area contributed by atoms with Gasteiger partial charge in [0.2, 0.25) is 0 Å². The third-order valence-corrected chi connectivity index (χ3v) is 4.75. The Balaban J connectivity index is 1.82. The van der Waals surface area contributed by atoms with Crippen molar-refractivity contribution in [3.63, 3.8) is 0 Å². The molecule has 0 spiro atoms. The summed E-state index contributed by atoms with van der Waals surface area (Å²) in [5, 5.41) is 17.8. The molecule has 26 heavy (non-hydrogen) atoms. The largest absolute Gasteiger partial charge is 0.497 e. The highest BCUT2D eigenvalue weighted by molar-refractivity contribution is 9.10. The minimum atomic E-state index is -0.478. The molecule has 3 aromatic rings. The van der Waals surface area contributed by atoms with Gasteiger partial charge in [-0.25, -0.2) is 4.39 Å². The number of aromatic nitrogens is 2. The van der Waals surface area contributed by atoms with Crippen molar-refractivity contribution in [1.29, 1.82) is 0 Å². The Kier molecular flexibility index (Phi) is 5.90. The van der Waals surface area contributed by atoms with Gasteiger partial charge in [0.1, 0.15) is 11.6 Å². The number of fused-ring (bicyclic) bond motifs is 1. The van der Waals surface area contributed by atoms with E-state index in [9.17, 15) is 9.50 Å². The van der Waals surface area contributed by atoms with E-state index < -0.39 is 6.10 Å². The van der Waals surface area contributed by atoms with E-state index in [2.05, 4.69) is 31.0 Å². The van der Waals surface area contributed by atoms with Gasteiger partial charge in [-0.2, -0.15) is 5.10 Å². The lowest BCUT2D eigenvalue weighted by Gasteiger charge is -2.23. The van der Waals surface area contributed by atoms with E-state index in [1.165, 1.54) is 6.07 Å². The highest BCUT2D eigenvalue weighted by Gasteiger charge is 2.15. The van der Waals surface area contributed by atoms with Crippen molar-refractivity contribution >= 4 is 26.8 Å². The number of hydrogen-bond acceptors (Lipinski definition) is 4. The molecule has 0 bridgehead atoms. The van der Waals surface area contributed by atoms with Crippen LogP contribution in [-0.2, 0) is 13.1 Å². The Labute approximate surface area is 159 Å². The predicted molar refractivity (Wildman–Crippen MR) is 103 cm³/mol. The fourth-order valence-corrected chi connectivity index (χ4v) is 3.28. The first-order valence-electron chi connectivity index (χ1n) is 8.31. The third kappa shape index (κ3) is 4.41. The van der Waals surface area contributed by atoms with Crippen LogP contribution >= 0.6 is 15.9 Å². The molecule has 7 heteroatoms. The number of nitrogens with zero attached hydrogens (tertiary/aromatic N) is 2. The van der Waals surface area contributed by atoms with E-state index in [1.54, 1.807) is 20.1 Å². The molecule has 1 aromatic heterocycles. The molecule has 2 aromatic carbocycles. The van der Waals surface area contributed by atoms with Gasteiger partial charge in [0.15, 0.2) is 0 Å². The standard InChI is InChI=1S/C19H21BrFN3O2/c1-12(25)9-24(10-13-3-5-14(26-2)6-4-13)11-19-15-7-17(21)16(20)8-18(15)22-23-19/h3-8,12,25H,9-11H2,1-2H3,(H,22,23)/t12-/m0/s1. The first-order valence-corrected chi connectivity index (χ1v) is 9.11. The van der Waals surface area contributed by atoms with Crippen molar-refractivity contribution in [2.75, 3.05) is 13.7 Å². The van der Waals surface area contributed by atoms with Crippen molar-refractivity contribution in [2.45, 2.75) is 26.1 Å². The fraction of sp³-hybridized carbons (Fsp3) is 0.316. The van der Waals surface area contributed by atoms with Gasteiger partial charge in [-0.15, -0.1) is 0 Å². The molecular weight excluding hydrogens is 401 g/mol. The predicted octanol–water partition coefficient (Wildman–Crippen LogP) is 3.86. The lowest BCUT2D eigenvalue weighted by atomic mass is 10.1. The summed E-state index contributed by atoms with van der Waals surface area (Å²) >= 11 is 3.18. The second-order valence-corrected chi connectivity index (χ2v) is 7.21. The first kappa shape index (κ1) is 18.8. The van der Waals surface area contributed by atoms with Gasteiger partial charge in [-0.05, 0) is 52.7 Å². The number of aliphatic hydroxyl groups is 1. The number of benzene rings is 2. The van der Waals surface area contributed by atoms with E-state index in [-0.39, 0.29) is 5.82 Å². The van der Waals surface area contributed by atoms with Gasteiger partial charge in [0, 0.05) is 25.0 Å². The molecule has 5 nitrogen and oxygen atoms in total. The molecule has 1 heterocycles. The average molecular weight is 422 g/mol. The summed E-state index contributed by atoms with van der Waals surface area (Å²) in [5.41, 5.74) is 2.62. The van der Waals surface area contributed by atoms with Crippen molar-refractivity contribution in [3.8, 4) is 5.75 Å². The molecule has 0 aliphatic rings. The maximum Gasteiger partial charge on any atom is 0.138 e. The van der Waals surface area contributed by atoms with Crippen LogP contribution in [0, 0.1) is 5.82 Å². The molecule has 1 atom stereocenters. The Bertz CT molecular complexity index is 880. The molecule has 0 fully saturated rings. The first-order chi connectivity index (χ1) is 12.5. The fourth-order valence-electron chi connectivity index (χ4n) is 2.95. The lowest BCUT2D eigenvalue weighted by Crippen LogP contribution is -2.30. The number of halogens is 2. The summed E-state index contributed by atoms with van der Waals surface area (Å²) in [5.74, 6) is 0.480. The van der Waals surface area contributed by atoms with Gasteiger partial charge < -0.3 is 9.84 Å². The third-order valence-electron chi connectivity index (χ3n) is 4.14. The van der Waals surface area contributed by atoms with E-state index in [0.29, 0.717) is 29.6 Å². The van der Waals surface area contributed by atoms with Crippen LogP contribution in [0.3, 0.4) is 0 Å². The minimum Gasteiger partial charge on any atom is -0.497 e. The van der Waals surface area contributed by atoms with Gasteiger partial charge in [-0.1, -0.05) is 12.1 Å². The van der Waals surface area contributed by atoms with Crippen molar-refractivity contribution in [3.05, 3.63) is 57.9 Å². The number of aliphatic hydroxyl groups excluding tert-OH is 1. The maximum atomic E-state index is 13.9. The molecule has 3 rings (SSSR count). The summed E-state index contributed by atoms with van der Waals surface area (Å²) in [7, 11) is 1.63. The lowest BCUT2D eigenvalue weighted by molar-refractivity contribution is 0.117. The van der Waals surface area contributed by atoms with Crippen molar-refractivity contribution in [1.82, 2.24) is 15.1 Å². The summed E-state index contributed by atoms with van der Waals surface area (Å²) in [6, 6.07) is 11.0. The van der Waals surface area contributed by atoms with Crippen molar-refractivity contribution in [2.24, 2.45) is 0 Å². The van der Waals surface area contributed by atoms with Crippen LogP contribution in [0.1, 0.15) is 18.2 Å². The Hall–Kier alpha value is -1.96. The molecule has 0 saturated carbocycles. The monoisotopic (exact) mass is 421 g/mol. The molecule has 0 aliphatic carbocycles. The van der Waals surface area contributed by atoms with E-state index in [1.807, 2.05) is 24.3 Å². The SMILES string of the molecule is COc1ccc(CN(Cc2[nH]nc3cc(Br)c(F)cc23)C[C@H](C)O)cc1. The van der Waals surface area contributed by atoms with Crippen LogP contribution in [-0.4, -0.2) is 40.0 Å². The second-order valence-electron chi connectivity index (χ2n) is 6.35. The summed E-state index contributed by atoms with van der Waals surface area (Å²) in [4.78, 5) is 2.10. The highest BCUT2D eigenvalue weighted by atomic mass is 79.9. The van der Waals surface area contributed by atoms with Gasteiger partial charge in [0.05, 0.1) is 28.9 Å². The minimum absolute atomic E-state index is 0.322. The van der Waals surface area contributed by atoms with Crippen LogP contribution in [0.4, 0.5) is 4.39 Å². The van der Waals surface area contributed by atoms with Crippen LogP contribution in [0.15, 0.2) is 40.9 Å². The van der Waals surface area contributed by atoms with E-state index in [0.717, 1.165) is 22.4 Å². The zero-order chi connectivity index (χ0) is 18.7. The Morgan fingerprint density at radius 3 is 2.65 bits per heavy atom. The highest BCUT2D eigenvalue weighted by Crippen LogP contribution is 2.25. The van der Waals surface area contributed by atoms with E-state index in [4.69, 9.17) is 4.74 Å². The number of ether oxygens (including phenoxy) is 1. The summed E-state index contributed by atoms with van der Waals surface area (Å²) < 4.78 is 19.5. The number of aromatic amines is 1. The molecular formula is C19H21BrFN3O2. The topological polar surface area (TPSA) is 61.4 Å². The summed E-state index contributed by atoms with van der Waals surface area (Å²) in [6.07, 6.45) is -0.478. The smallest absolute Gasteiger partial charge is 0.138 e. The molecule has 0 unspecified atom stereocenters. The molecule has 0 saturated heterocycles. The average Bonchev–Trinajstić information content (AvgIpc) is 2.97. The van der Waals surface area contributed by atoms with Crippen LogP contribution in [0.5, 0.6) is 5.75 Å². The number of hydrogen-bond donors (Lipinski definition) is 2. The number of H-pyrrole nitrogens is 1. The number of rotatable bonds is 7. The van der Waals surface area contributed by atoms with Crippen molar-refractivity contribution < 1.29 is 14.2 Å². The molecule has 138 valence electrons. The Morgan fingerprint density at radius 1 is 1.27 bits per heavy atom. The normalized spacial score (nSPS) is 12.7. The van der Waals surface area contributed by atoms with Crippen LogP contribution in [0.2, 0.25) is 0 Å². The summed E-state index contributed by atoms with van der Waals surface area (Å²) in [6.45, 7) is 3.41. The van der Waals surface area contributed by atoms with Crippen LogP contribution in [0.25, 0.3) is 10.9 Å². The molecule has 2 N–H and O–H groups in total. The Morgan fingerprint density at radius 2 is 2.00 bits per heavy atom. The zero-order valence-corrected chi connectivity index (χ0v) is 16.3. The van der Waals surface area contributed by atoms with Gasteiger partial charge in [0.25, 0.3) is 0 Å².